The fourth-order valence-corrected chi connectivity index (χ4v) is 3.44. The van der Waals surface area contributed by atoms with Crippen molar-refractivity contribution in [3.63, 3.8) is 0 Å². The Morgan fingerprint density at radius 3 is 2.77 bits per heavy atom. The molecule has 0 saturated carbocycles. The number of carbonyl (C=O) groups is 1. The van der Waals surface area contributed by atoms with Gasteiger partial charge >= 0.3 is 0 Å². The Labute approximate surface area is 158 Å². The predicted octanol–water partition coefficient (Wildman–Crippen LogP) is 2.32. The van der Waals surface area contributed by atoms with Crippen molar-refractivity contribution in [2.24, 2.45) is 0 Å². The molecule has 2 aromatic rings. The van der Waals surface area contributed by atoms with Crippen molar-refractivity contribution in [1.82, 2.24) is 14.8 Å². The molecule has 0 spiro atoms. The highest BCUT2D eigenvalue weighted by atomic mass is 32.1. The number of hydrogen-bond acceptors (Lipinski definition) is 6. The smallest absolute Gasteiger partial charge is 0.236 e. The van der Waals surface area contributed by atoms with Crippen LogP contribution in [0.1, 0.15) is 16.3 Å². The van der Waals surface area contributed by atoms with Crippen molar-refractivity contribution < 1.29 is 14.3 Å². The Hall–Kier alpha value is -1.96. The van der Waals surface area contributed by atoms with Crippen LogP contribution < -0.4 is 4.74 Å². The number of thiazole rings is 1. The van der Waals surface area contributed by atoms with Gasteiger partial charge in [0.2, 0.25) is 5.91 Å². The fourth-order valence-electron chi connectivity index (χ4n) is 2.74. The summed E-state index contributed by atoms with van der Waals surface area (Å²) in [5, 5.41) is 2.97. The normalized spacial score (nSPS) is 14.7. The third-order valence-corrected chi connectivity index (χ3v) is 5.05. The van der Waals surface area contributed by atoms with Crippen molar-refractivity contribution in [3.8, 4) is 5.75 Å². The lowest BCUT2D eigenvalue weighted by molar-refractivity contribution is -0.136. The number of hydrogen-bond donors (Lipinski definition) is 0. The SMILES string of the molecule is Cc1ccc(OCc2nc(CN(C)CC(=O)N3CCOCC3)cs2)cc1. The molecule has 1 fully saturated rings. The molecule has 0 N–H and O–H groups in total. The highest BCUT2D eigenvalue weighted by Gasteiger charge is 2.18. The number of likely N-dealkylation sites (N-methyl/N-ethyl adjacent to an activating group) is 1. The van der Waals surface area contributed by atoms with Crippen molar-refractivity contribution in [3.05, 3.63) is 45.9 Å². The molecule has 1 aliphatic rings. The van der Waals surface area contributed by atoms with E-state index in [1.54, 1.807) is 11.3 Å². The van der Waals surface area contributed by atoms with E-state index in [0.717, 1.165) is 16.5 Å². The van der Waals surface area contributed by atoms with Crippen molar-refractivity contribution >= 4 is 17.2 Å². The molecule has 3 rings (SSSR count). The van der Waals surface area contributed by atoms with Gasteiger partial charge in [0.05, 0.1) is 25.5 Å². The van der Waals surface area contributed by atoms with Gasteiger partial charge in [0.25, 0.3) is 0 Å². The fraction of sp³-hybridized carbons (Fsp3) is 0.474. The van der Waals surface area contributed by atoms with Crippen molar-refractivity contribution in [2.75, 3.05) is 39.9 Å². The van der Waals surface area contributed by atoms with E-state index in [-0.39, 0.29) is 5.91 Å². The van der Waals surface area contributed by atoms with Crippen LogP contribution in [0.25, 0.3) is 0 Å². The van der Waals surface area contributed by atoms with Gasteiger partial charge in [-0.2, -0.15) is 0 Å². The molecule has 2 heterocycles. The minimum absolute atomic E-state index is 0.147. The topological polar surface area (TPSA) is 54.9 Å². The van der Waals surface area contributed by atoms with Crippen LogP contribution >= 0.6 is 11.3 Å². The minimum atomic E-state index is 0.147. The molecule has 7 heteroatoms. The third kappa shape index (κ3) is 5.52. The number of nitrogens with zero attached hydrogens (tertiary/aromatic N) is 3. The molecule has 1 aliphatic heterocycles. The average molecular weight is 375 g/mol. The summed E-state index contributed by atoms with van der Waals surface area (Å²) in [7, 11) is 1.94. The molecule has 0 atom stereocenters. The van der Waals surface area contributed by atoms with Gasteiger partial charge in [0.1, 0.15) is 17.4 Å². The first-order chi connectivity index (χ1) is 12.6. The maximum atomic E-state index is 12.3. The average Bonchev–Trinajstić information content (AvgIpc) is 3.09. The summed E-state index contributed by atoms with van der Waals surface area (Å²) in [6, 6.07) is 8.00. The van der Waals surface area contributed by atoms with E-state index in [0.29, 0.717) is 46.0 Å². The molecule has 0 aliphatic carbocycles. The first kappa shape index (κ1) is 18.8. The van der Waals surface area contributed by atoms with Gasteiger partial charge in [-0.05, 0) is 26.1 Å². The molecule has 0 unspecified atom stereocenters. The van der Waals surface area contributed by atoms with E-state index in [1.807, 2.05) is 46.5 Å². The standard InChI is InChI=1S/C19H25N3O3S/c1-15-3-5-17(6-4-15)25-13-18-20-16(14-26-18)11-21(2)12-19(23)22-7-9-24-10-8-22/h3-6,14H,7-13H2,1-2H3. The summed E-state index contributed by atoms with van der Waals surface area (Å²) >= 11 is 1.59. The number of benzene rings is 1. The summed E-state index contributed by atoms with van der Waals surface area (Å²) in [5.41, 5.74) is 2.18. The summed E-state index contributed by atoms with van der Waals surface area (Å²) in [4.78, 5) is 20.7. The van der Waals surface area contributed by atoms with E-state index in [9.17, 15) is 4.79 Å². The van der Waals surface area contributed by atoms with E-state index in [1.165, 1.54) is 5.56 Å². The number of morpholine rings is 1. The molecule has 1 aromatic heterocycles. The number of ether oxygens (including phenoxy) is 2. The lowest BCUT2D eigenvalue weighted by Gasteiger charge is -2.28. The molecule has 26 heavy (non-hydrogen) atoms. The van der Waals surface area contributed by atoms with Crippen LogP contribution in [0.4, 0.5) is 0 Å². The maximum absolute atomic E-state index is 12.3. The number of aromatic nitrogens is 1. The molecular formula is C19H25N3O3S. The van der Waals surface area contributed by atoms with Gasteiger partial charge in [-0.1, -0.05) is 17.7 Å². The largest absolute Gasteiger partial charge is 0.486 e. The van der Waals surface area contributed by atoms with Crippen LogP contribution in [-0.4, -0.2) is 60.6 Å². The Balaban J connectivity index is 1.45. The van der Waals surface area contributed by atoms with Crippen LogP contribution in [0.2, 0.25) is 0 Å². The van der Waals surface area contributed by atoms with E-state index >= 15 is 0 Å². The first-order valence-electron chi connectivity index (χ1n) is 8.77. The second-order valence-corrected chi connectivity index (χ2v) is 7.44. The quantitative estimate of drug-likeness (QED) is 0.743. The van der Waals surface area contributed by atoms with Gasteiger partial charge in [-0.3, -0.25) is 9.69 Å². The second-order valence-electron chi connectivity index (χ2n) is 6.50. The zero-order chi connectivity index (χ0) is 18.4. The number of carbonyl (C=O) groups excluding carboxylic acids is 1. The molecule has 0 radical (unpaired) electrons. The lowest BCUT2D eigenvalue weighted by atomic mass is 10.2. The third-order valence-electron chi connectivity index (χ3n) is 4.18. The Bertz CT molecular complexity index is 711. The number of amides is 1. The molecule has 6 nitrogen and oxygen atoms in total. The predicted molar refractivity (Wildman–Crippen MR) is 101 cm³/mol. The molecule has 0 bridgehead atoms. The summed E-state index contributed by atoms with van der Waals surface area (Å²) in [6.45, 7) is 6.19. The highest BCUT2D eigenvalue weighted by molar-refractivity contribution is 7.09. The second kappa shape index (κ2) is 9.12. The van der Waals surface area contributed by atoms with Crippen LogP contribution in [0.15, 0.2) is 29.6 Å². The van der Waals surface area contributed by atoms with Gasteiger partial charge in [0.15, 0.2) is 0 Å². The molecule has 1 aromatic carbocycles. The van der Waals surface area contributed by atoms with Crippen LogP contribution in [-0.2, 0) is 22.7 Å². The van der Waals surface area contributed by atoms with Crippen LogP contribution in [0.5, 0.6) is 5.75 Å². The van der Waals surface area contributed by atoms with E-state index < -0.39 is 0 Å². The molecular weight excluding hydrogens is 350 g/mol. The van der Waals surface area contributed by atoms with Gasteiger partial charge in [-0.15, -0.1) is 11.3 Å². The Morgan fingerprint density at radius 2 is 2.04 bits per heavy atom. The number of aryl methyl sites for hydroxylation is 1. The Morgan fingerprint density at radius 1 is 1.31 bits per heavy atom. The van der Waals surface area contributed by atoms with Crippen LogP contribution in [0.3, 0.4) is 0 Å². The molecule has 1 saturated heterocycles. The zero-order valence-electron chi connectivity index (χ0n) is 15.3. The monoisotopic (exact) mass is 375 g/mol. The van der Waals surface area contributed by atoms with Gasteiger partial charge < -0.3 is 14.4 Å². The highest BCUT2D eigenvalue weighted by Crippen LogP contribution is 2.16. The first-order valence-corrected chi connectivity index (χ1v) is 9.65. The summed E-state index contributed by atoms with van der Waals surface area (Å²) in [5.74, 6) is 0.995. The van der Waals surface area contributed by atoms with Gasteiger partial charge in [0, 0.05) is 25.0 Å². The summed E-state index contributed by atoms with van der Waals surface area (Å²) < 4.78 is 11.1. The van der Waals surface area contributed by atoms with E-state index in [4.69, 9.17) is 9.47 Å². The van der Waals surface area contributed by atoms with E-state index in [2.05, 4.69) is 11.9 Å². The van der Waals surface area contributed by atoms with Gasteiger partial charge in [-0.25, -0.2) is 4.98 Å². The maximum Gasteiger partial charge on any atom is 0.236 e. The van der Waals surface area contributed by atoms with Crippen molar-refractivity contribution in [2.45, 2.75) is 20.1 Å². The zero-order valence-corrected chi connectivity index (χ0v) is 16.1. The minimum Gasteiger partial charge on any atom is -0.486 e. The number of rotatable bonds is 7. The Kier molecular flexibility index (Phi) is 6.60. The van der Waals surface area contributed by atoms with Crippen LogP contribution in [0, 0.1) is 6.92 Å². The lowest BCUT2D eigenvalue weighted by Crippen LogP contribution is -2.44. The van der Waals surface area contributed by atoms with Crippen molar-refractivity contribution in [1.29, 1.82) is 0 Å². The summed E-state index contributed by atoms with van der Waals surface area (Å²) in [6.07, 6.45) is 0. The molecule has 140 valence electrons. The molecule has 1 amide bonds.